The van der Waals surface area contributed by atoms with E-state index < -0.39 is 0 Å². The van der Waals surface area contributed by atoms with Crippen LogP contribution in [0.25, 0.3) is 0 Å². The van der Waals surface area contributed by atoms with Crippen LogP contribution in [0.2, 0.25) is 0 Å². The van der Waals surface area contributed by atoms with E-state index in [0.717, 1.165) is 38.9 Å². The number of hydrogen-bond acceptors (Lipinski definition) is 3. The third-order valence-corrected chi connectivity index (χ3v) is 2.96. The van der Waals surface area contributed by atoms with Crippen molar-refractivity contribution in [1.29, 1.82) is 0 Å². The molecule has 0 aromatic rings. The number of hydrogen-bond donors (Lipinski definition) is 2. The van der Waals surface area contributed by atoms with Crippen LogP contribution >= 0.6 is 0 Å². The Kier molecular flexibility index (Phi) is 9.02. The van der Waals surface area contributed by atoms with Gasteiger partial charge in [-0.3, -0.25) is 9.69 Å². The molecule has 108 valence electrons. The highest BCUT2D eigenvalue weighted by Gasteiger charge is 2.21. The van der Waals surface area contributed by atoms with Gasteiger partial charge in [0.2, 0.25) is 5.91 Å². The smallest absolute Gasteiger partial charge is 0.234 e. The Morgan fingerprint density at radius 2 is 1.94 bits per heavy atom. The molecule has 0 spiro atoms. The second kappa shape index (κ2) is 9.34. The molecule has 0 saturated carbocycles. The molecule has 0 aromatic heterocycles. The van der Waals surface area contributed by atoms with Crippen molar-refractivity contribution in [3.05, 3.63) is 0 Å². The first kappa shape index (κ1) is 17.4. The number of rotatable bonds is 10. The number of amides is 1. The Hall–Kier alpha value is -0.610. The lowest BCUT2D eigenvalue weighted by molar-refractivity contribution is -0.122. The summed E-state index contributed by atoms with van der Waals surface area (Å²) < 4.78 is 0. The molecule has 0 radical (unpaired) electrons. The lowest BCUT2D eigenvalue weighted by Gasteiger charge is -2.31. The van der Waals surface area contributed by atoms with Crippen molar-refractivity contribution in [2.45, 2.75) is 47.0 Å². The highest BCUT2D eigenvalue weighted by molar-refractivity contribution is 5.77. The summed E-state index contributed by atoms with van der Waals surface area (Å²) in [6, 6.07) is 0. The molecule has 0 atom stereocenters. The molecule has 4 nitrogen and oxygen atoms in total. The fourth-order valence-corrected chi connectivity index (χ4v) is 1.86. The summed E-state index contributed by atoms with van der Waals surface area (Å²) in [7, 11) is 0. The van der Waals surface area contributed by atoms with Gasteiger partial charge in [0.25, 0.3) is 0 Å². The molecule has 0 aliphatic carbocycles. The minimum Gasteiger partial charge on any atom is -0.355 e. The van der Waals surface area contributed by atoms with Gasteiger partial charge in [-0.25, -0.2) is 0 Å². The van der Waals surface area contributed by atoms with E-state index in [9.17, 15) is 4.79 Å². The molecule has 0 aliphatic rings. The highest BCUT2D eigenvalue weighted by Crippen LogP contribution is 2.14. The van der Waals surface area contributed by atoms with Gasteiger partial charge in [0, 0.05) is 13.1 Å². The summed E-state index contributed by atoms with van der Waals surface area (Å²) in [6.45, 7) is 12.3. The number of nitrogens with zero attached hydrogens (tertiary/aromatic N) is 1. The molecule has 3 N–H and O–H groups in total. The van der Waals surface area contributed by atoms with Gasteiger partial charge < -0.3 is 11.1 Å². The molecular formula is C14H31N3O. The van der Waals surface area contributed by atoms with Crippen LogP contribution in [-0.2, 0) is 4.79 Å². The van der Waals surface area contributed by atoms with Crippen molar-refractivity contribution in [3.63, 3.8) is 0 Å². The minimum absolute atomic E-state index is 0.0683. The first-order chi connectivity index (χ1) is 8.45. The third-order valence-electron chi connectivity index (χ3n) is 2.96. The van der Waals surface area contributed by atoms with Gasteiger partial charge in [0.1, 0.15) is 0 Å². The Bertz CT molecular complexity index is 229. The van der Waals surface area contributed by atoms with Crippen LogP contribution in [0.5, 0.6) is 0 Å². The van der Waals surface area contributed by atoms with Gasteiger partial charge in [-0.15, -0.1) is 0 Å². The molecule has 0 aromatic carbocycles. The fraction of sp³-hybridized carbons (Fsp3) is 0.929. The van der Waals surface area contributed by atoms with Crippen LogP contribution in [0.1, 0.15) is 47.0 Å². The van der Waals surface area contributed by atoms with E-state index >= 15 is 0 Å². The van der Waals surface area contributed by atoms with Crippen LogP contribution in [0.4, 0.5) is 0 Å². The zero-order valence-electron chi connectivity index (χ0n) is 12.6. The first-order valence-electron chi connectivity index (χ1n) is 7.14. The van der Waals surface area contributed by atoms with E-state index in [1.165, 1.54) is 0 Å². The summed E-state index contributed by atoms with van der Waals surface area (Å²) in [6.07, 6.45) is 3.22. The summed E-state index contributed by atoms with van der Waals surface area (Å²) in [5.41, 5.74) is 5.82. The Labute approximate surface area is 112 Å². The largest absolute Gasteiger partial charge is 0.355 e. The summed E-state index contributed by atoms with van der Waals surface area (Å²) >= 11 is 0. The van der Waals surface area contributed by atoms with Crippen LogP contribution in [0.3, 0.4) is 0 Å². The van der Waals surface area contributed by atoms with Crippen molar-refractivity contribution >= 4 is 5.91 Å². The van der Waals surface area contributed by atoms with E-state index in [1.54, 1.807) is 0 Å². The Morgan fingerprint density at radius 3 is 2.44 bits per heavy atom. The summed E-state index contributed by atoms with van der Waals surface area (Å²) in [4.78, 5) is 14.0. The Morgan fingerprint density at radius 1 is 1.28 bits per heavy atom. The highest BCUT2D eigenvalue weighted by atomic mass is 16.2. The topological polar surface area (TPSA) is 58.4 Å². The maximum atomic E-state index is 11.8. The summed E-state index contributed by atoms with van der Waals surface area (Å²) in [5.74, 6) is 0.129. The number of nitrogens with one attached hydrogen (secondary N) is 1. The molecule has 0 unspecified atom stereocenters. The minimum atomic E-state index is 0.0683. The number of nitrogens with two attached hydrogens (primary N) is 1. The SMILES string of the molecule is CCCCNC(=O)CN(CCC)CC(C)(C)CN. The lowest BCUT2D eigenvalue weighted by atomic mass is 9.93. The van der Waals surface area contributed by atoms with Crippen molar-refractivity contribution in [3.8, 4) is 0 Å². The van der Waals surface area contributed by atoms with E-state index in [4.69, 9.17) is 5.73 Å². The van der Waals surface area contributed by atoms with Gasteiger partial charge >= 0.3 is 0 Å². The Balaban J connectivity index is 4.13. The lowest BCUT2D eigenvalue weighted by Crippen LogP contribution is -2.44. The molecule has 0 aliphatic heterocycles. The fourth-order valence-electron chi connectivity index (χ4n) is 1.86. The average Bonchev–Trinajstić information content (AvgIpc) is 2.29. The normalized spacial score (nSPS) is 11.9. The van der Waals surface area contributed by atoms with Gasteiger partial charge in [-0.1, -0.05) is 34.1 Å². The van der Waals surface area contributed by atoms with Crippen molar-refractivity contribution < 1.29 is 4.79 Å². The molecule has 1 amide bonds. The number of carbonyl (C=O) groups is 1. The van der Waals surface area contributed by atoms with E-state index in [0.29, 0.717) is 13.1 Å². The van der Waals surface area contributed by atoms with E-state index in [-0.39, 0.29) is 11.3 Å². The van der Waals surface area contributed by atoms with Crippen LogP contribution < -0.4 is 11.1 Å². The molecular weight excluding hydrogens is 226 g/mol. The zero-order valence-corrected chi connectivity index (χ0v) is 12.6. The van der Waals surface area contributed by atoms with Crippen molar-refractivity contribution in [2.24, 2.45) is 11.1 Å². The molecule has 0 fully saturated rings. The predicted molar refractivity (Wildman–Crippen MR) is 77.5 cm³/mol. The van der Waals surface area contributed by atoms with Gasteiger partial charge in [0.15, 0.2) is 0 Å². The van der Waals surface area contributed by atoms with Crippen molar-refractivity contribution in [2.75, 3.05) is 32.7 Å². The second-order valence-corrected chi connectivity index (χ2v) is 5.78. The first-order valence-corrected chi connectivity index (χ1v) is 7.14. The molecule has 4 heteroatoms. The maximum absolute atomic E-state index is 11.8. The van der Waals surface area contributed by atoms with Gasteiger partial charge in [-0.2, -0.15) is 0 Å². The van der Waals surface area contributed by atoms with E-state index in [2.05, 4.69) is 37.9 Å². The van der Waals surface area contributed by atoms with E-state index in [1.807, 2.05) is 0 Å². The van der Waals surface area contributed by atoms with Gasteiger partial charge in [0.05, 0.1) is 6.54 Å². The average molecular weight is 257 g/mol. The molecule has 0 bridgehead atoms. The van der Waals surface area contributed by atoms with Crippen LogP contribution in [-0.4, -0.2) is 43.5 Å². The monoisotopic (exact) mass is 257 g/mol. The maximum Gasteiger partial charge on any atom is 0.234 e. The standard InChI is InChI=1S/C14H31N3O/c1-5-7-8-16-13(18)10-17(9-6-2)12-14(3,4)11-15/h5-12,15H2,1-4H3,(H,16,18). The predicted octanol–water partition coefficient (Wildman–Crippen LogP) is 1.60. The van der Waals surface area contributed by atoms with Crippen LogP contribution in [0.15, 0.2) is 0 Å². The second-order valence-electron chi connectivity index (χ2n) is 5.78. The number of unbranched alkanes of at least 4 members (excludes halogenated alkanes) is 1. The molecule has 0 heterocycles. The molecule has 0 rings (SSSR count). The molecule has 18 heavy (non-hydrogen) atoms. The quantitative estimate of drug-likeness (QED) is 0.584. The summed E-state index contributed by atoms with van der Waals surface area (Å²) in [5, 5.41) is 2.96. The van der Waals surface area contributed by atoms with Gasteiger partial charge in [-0.05, 0) is 31.3 Å². The zero-order chi connectivity index (χ0) is 14.0. The number of carbonyl (C=O) groups excluding carboxylic acids is 1. The van der Waals surface area contributed by atoms with Crippen molar-refractivity contribution in [1.82, 2.24) is 10.2 Å². The third kappa shape index (κ3) is 8.48. The van der Waals surface area contributed by atoms with Crippen LogP contribution in [0, 0.1) is 5.41 Å². The molecule has 0 saturated heterocycles.